The number of nitrogens with zero attached hydrogens (tertiary/aromatic N) is 2. The molecule has 0 radical (unpaired) electrons. The summed E-state index contributed by atoms with van der Waals surface area (Å²) in [5.74, 6) is -0.231. The summed E-state index contributed by atoms with van der Waals surface area (Å²) in [6, 6.07) is 13.7. The van der Waals surface area contributed by atoms with Crippen LogP contribution in [-0.2, 0) is 0 Å². The van der Waals surface area contributed by atoms with Gasteiger partial charge in [-0.2, -0.15) is 0 Å². The number of rotatable bonds is 4. The molecule has 0 aliphatic rings. The second-order valence-electron chi connectivity index (χ2n) is 4.42. The van der Waals surface area contributed by atoms with Gasteiger partial charge in [-0.25, -0.2) is 4.98 Å². The zero-order chi connectivity index (χ0) is 14.5. The Kier molecular flexibility index (Phi) is 4.02. The molecular weight excluding hydrogens is 282 g/mol. The first-order valence-corrected chi connectivity index (χ1v) is 7.38. The molecule has 3 rings (SSSR count). The smallest absolute Gasteiger partial charge is 0.272 e. The first kappa shape index (κ1) is 13.5. The quantitative estimate of drug-likeness (QED) is 0.805. The van der Waals surface area contributed by atoms with Crippen LogP contribution in [0.25, 0.3) is 0 Å². The molecule has 0 fully saturated rings. The fourth-order valence-electron chi connectivity index (χ4n) is 2.04. The summed E-state index contributed by atoms with van der Waals surface area (Å²) in [6.45, 7) is 0. The van der Waals surface area contributed by atoms with Crippen molar-refractivity contribution in [2.24, 2.45) is 0 Å². The van der Waals surface area contributed by atoms with Crippen LogP contribution in [0.5, 0.6) is 0 Å². The van der Waals surface area contributed by atoms with Crippen molar-refractivity contribution < 1.29 is 4.79 Å². The van der Waals surface area contributed by atoms with Crippen LogP contribution in [0.2, 0.25) is 0 Å². The molecule has 0 spiro atoms. The van der Waals surface area contributed by atoms with E-state index >= 15 is 0 Å². The van der Waals surface area contributed by atoms with Gasteiger partial charge in [-0.15, -0.1) is 11.3 Å². The Morgan fingerprint density at radius 2 is 1.95 bits per heavy atom. The minimum absolute atomic E-state index is 0.180. The molecule has 0 saturated carbocycles. The third kappa shape index (κ3) is 3.14. The molecule has 3 aromatic rings. The number of carbonyl (C=O) groups excluding carboxylic acids is 1. The van der Waals surface area contributed by atoms with Crippen molar-refractivity contribution in [3.8, 4) is 0 Å². The maximum absolute atomic E-state index is 12.3. The van der Waals surface area contributed by atoms with E-state index in [9.17, 15) is 4.79 Å². The Bertz CT molecular complexity index is 699. The fraction of sp³-hybridized carbons (Fsp3) is 0.0625. The molecule has 0 saturated heterocycles. The van der Waals surface area contributed by atoms with Gasteiger partial charge in [0.05, 0.1) is 12.2 Å². The third-order valence-corrected chi connectivity index (χ3v) is 3.97. The lowest BCUT2D eigenvalue weighted by Gasteiger charge is -2.17. The fourth-order valence-corrected chi connectivity index (χ4v) is 2.84. The average molecular weight is 295 g/mol. The number of carbonyl (C=O) groups is 1. The molecule has 5 heteroatoms. The highest BCUT2D eigenvalue weighted by atomic mass is 32.1. The van der Waals surface area contributed by atoms with E-state index in [-0.39, 0.29) is 11.9 Å². The van der Waals surface area contributed by atoms with Crippen LogP contribution in [0.4, 0.5) is 0 Å². The van der Waals surface area contributed by atoms with Crippen LogP contribution in [0.1, 0.15) is 27.0 Å². The van der Waals surface area contributed by atoms with Gasteiger partial charge in [0.2, 0.25) is 0 Å². The van der Waals surface area contributed by atoms with E-state index in [1.165, 1.54) is 12.4 Å². The van der Waals surface area contributed by atoms with E-state index in [0.717, 1.165) is 10.4 Å². The van der Waals surface area contributed by atoms with Crippen LogP contribution in [0.3, 0.4) is 0 Å². The average Bonchev–Trinajstić information content (AvgIpc) is 3.08. The maximum Gasteiger partial charge on any atom is 0.272 e. The molecule has 104 valence electrons. The minimum atomic E-state index is -0.231. The third-order valence-electron chi connectivity index (χ3n) is 3.03. The van der Waals surface area contributed by atoms with E-state index in [1.807, 2.05) is 47.8 Å². The Morgan fingerprint density at radius 3 is 2.62 bits per heavy atom. The van der Waals surface area contributed by atoms with Crippen LogP contribution < -0.4 is 5.32 Å². The molecule has 1 amide bonds. The highest BCUT2D eigenvalue weighted by Crippen LogP contribution is 2.26. The Hall–Kier alpha value is -2.53. The molecule has 1 N–H and O–H groups in total. The zero-order valence-corrected chi connectivity index (χ0v) is 12.0. The largest absolute Gasteiger partial charge is 0.339 e. The maximum atomic E-state index is 12.3. The summed E-state index contributed by atoms with van der Waals surface area (Å²) in [4.78, 5) is 21.4. The summed E-state index contributed by atoms with van der Waals surface area (Å²) in [7, 11) is 0. The van der Waals surface area contributed by atoms with E-state index in [1.54, 1.807) is 17.5 Å². The number of thiophene rings is 1. The van der Waals surface area contributed by atoms with Gasteiger partial charge < -0.3 is 5.32 Å². The molecule has 21 heavy (non-hydrogen) atoms. The van der Waals surface area contributed by atoms with Gasteiger partial charge in [0.1, 0.15) is 5.69 Å². The number of benzene rings is 1. The van der Waals surface area contributed by atoms with E-state index in [2.05, 4.69) is 15.3 Å². The van der Waals surface area contributed by atoms with Gasteiger partial charge in [0, 0.05) is 17.3 Å². The van der Waals surface area contributed by atoms with E-state index < -0.39 is 0 Å². The van der Waals surface area contributed by atoms with Crippen molar-refractivity contribution in [1.29, 1.82) is 0 Å². The normalized spacial score (nSPS) is 11.8. The molecule has 1 atom stereocenters. The lowest BCUT2D eigenvalue weighted by atomic mass is 10.1. The van der Waals surface area contributed by atoms with Crippen molar-refractivity contribution in [3.05, 3.63) is 82.6 Å². The van der Waals surface area contributed by atoms with Gasteiger partial charge in [-0.3, -0.25) is 9.78 Å². The van der Waals surface area contributed by atoms with Gasteiger partial charge in [-0.1, -0.05) is 36.4 Å². The number of amides is 1. The van der Waals surface area contributed by atoms with Crippen molar-refractivity contribution in [2.45, 2.75) is 6.04 Å². The molecule has 2 heterocycles. The van der Waals surface area contributed by atoms with Crippen LogP contribution in [0.15, 0.2) is 66.4 Å². The Morgan fingerprint density at radius 1 is 1.10 bits per heavy atom. The first-order valence-electron chi connectivity index (χ1n) is 6.50. The Labute approximate surface area is 126 Å². The van der Waals surface area contributed by atoms with Gasteiger partial charge in [0.25, 0.3) is 5.91 Å². The second kappa shape index (κ2) is 6.28. The molecule has 0 bridgehead atoms. The first-order chi connectivity index (χ1) is 10.3. The van der Waals surface area contributed by atoms with Crippen LogP contribution in [0, 0.1) is 0 Å². The van der Waals surface area contributed by atoms with Crippen LogP contribution >= 0.6 is 11.3 Å². The Balaban J connectivity index is 1.89. The monoisotopic (exact) mass is 295 g/mol. The standard InChI is InChI=1S/C16H13N3OS/c20-16(13-11-17-8-9-18-13)19-15(14-7-4-10-21-14)12-5-2-1-3-6-12/h1-11,15H,(H,19,20). The van der Waals surface area contributed by atoms with Gasteiger partial charge in [-0.05, 0) is 17.0 Å². The zero-order valence-electron chi connectivity index (χ0n) is 11.1. The SMILES string of the molecule is O=C(NC(c1ccccc1)c1cccs1)c1cnccn1. The van der Waals surface area contributed by atoms with Crippen LogP contribution in [-0.4, -0.2) is 15.9 Å². The molecule has 4 nitrogen and oxygen atoms in total. The van der Waals surface area contributed by atoms with Gasteiger partial charge >= 0.3 is 0 Å². The molecule has 0 aliphatic heterocycles. The summed E-state index contributed by atoms with van der Waals surface area (Å²) in [6.07, 6.45) is 4.52. The van der Waals surface area contributed by atoms with E-state index in [4.69, 9.17) is 0 Å². The van der Waals surface area contributed by atoms with Crippen molar-refractivity contribution >= 4 is 17.2 Å². The summed E-state index contributed by atoms with van der Waals surface area (Å²) >= 11 is 1.61. The molecule has 2 aromatic heterocycles. The summed E-state index contributed by atoms with van der Waals surface area (Å²) < 4.78 is 0. The summed E-state index contributed by atoms with van der Waals surface area (Å²) in [5, 5.41) is 5.02. The predicted octanol–water partition coefficient (Wildman–Crippen LogP) is 3.06. The molecule has 0 aliphatic carbocycles. The highest BCUT2D eigenvalue weighted by molar-refractivity contribution is 7.10. The van der Waals surface area contributed by atoms with Crippen molar-refractivity contribution in [1.82, 2.24) is 15.3 Å². The lowest BCUT2D eigenvalue weighted by molar-refractivity contribution is 0.0938. The molecular formula is C16H13N3OS. The topological polar surface area (TPSA) is 54.9 Å². The predicted molar refractivity (Wildman–Crippen MR) is 82.1 cm³/mol. The second-order valence-corrected chi connectivity index (χ2v) is 5.40. The minimum Gasteiger partial charge on any atom is -0.339 e. The van der Waals surface area contributed by atoms with Crippen molar-refractivity contribution in [2.75, 3.05) is 0 Å². The number of nitrogens with one attached hydrogen (secondary N) is 1. The van der Waals surface area contributed by atoms with E-state index in [0.29, 0.717) is 5.69 Å². The van der Waals surface area contributed by atoms with Gasteiger partial charge in [0.15, 0.2) is 0 Å². The molecule has 1 aromatic carbocycles. The lowest BCUT2D eigenvalue weighted by Crippen LogP contribution is -2.29. The molecule has 1 unspecified atom stereocenters. The van der Waals surface area contributed by atoms with Crippen molar-refractivity contribution in [3.63, 3.8) is 0 Å². The number of hydrogen-bond donors (Lipinski definition) is 1. The summed E-state index contributed by atoms with van der Waals surface area (Å²) in [5.41, 5.74) is 1.35. The number of hydrogen-bond acceptors (Lipinski definition) is 4. The number of aromatic nitrogens is 2. The highest BCUT2D eigenvalue weighted by Gasteiger charge is 2.19.